The van der Waals surface area contributed by atoms with Crippen molar-refractivity contribution in [1.82, 2.24) is 0 Å². The Bertz CT molecular complexity index is 73.0. The van der Waals surface area contributed by atoms with Gasteiger partial charge >= 0.3 is 0 Å². The number of ketones is 1. The monoisotopic (exact) mass is 179 g/mol. The normalized spacial score (nSPS) is 5.67. The number of nitrogens with two attached hydrogens (primary N) is 1. The van der Waals surface area contributed by atoms with Crippen LogP contribution in [0, 0.1) is 5.41 Å². The average molecular weight is 180 g/mol. The molecule has 3 N–H and O–H groups in total. The fraction of sp³-hybridized carbons (Fsp3) is 0.600. The molecule has 0 atom stereocenters. The van der Waals surface area contributed by atoms with E-state index in [9.17, 15) is 4.79 Å². The number of rotatable bonds is 0. The van der Waals surface area contributed by atoms with E-state index in [-0.39, 0.29) is 28.7 Å². The van der Waals surface area contributed by atoms with Crippen LogP contribution in [0.3, 0.4) is 0 Å². The van der Waals surface area contributed by atoms with Gasteiger partial charge in [0.1, 0.15) is 5.78 Å². The third kappa shape index (κ3) is 2120. The molecule has 0 aromatic rings. The van der Waals surface area contributed by atoms with E-state index >= 15 is 0 Å². The van der Waals surface area contributed by atoms with Crippen molar-refractivity contribution in [2.75, 3.05) is 0 Å². The number of hydrogen-bond donors (Lipinski definition) is 2. The fourth-order valence-corrected chi connectivity index (χ4v) is 0. The van der Waals surface area contributed by atoms with Crippen LogP contribution >= 0.6 is 0 Å². The van der Waals surface area contributed by atoms with Gasteiger partial charge in [-0.2, -0.15) is 0 Å². The SMILES string of the molecule is CC(=N)N.CC(C)=O.[Cu]. The topological polar surface area (TPSA) is 66.9 Å². The molecule has 0 aliphatic rings. The summed E-state index contributed by atoms with van der Waals surface area (Å²) in [4.78, 5) is 9.44. The molecule has 0 fully saturated rings. The van der Waals surface area contributed by atoms with Crippen molar-refractivity contribution in [2.24, 2.45) is 5.73 Å². The van der Waals surface area contributed by atoms with E-state index in [4.69, 9.17) is 11.1 Å². The Morgan fingerprint density at radius 1 is 1.33 bits per heavy atom. The fourth-order valence-electron chi connectivity index (χ4n) is 0. The zero-order valence-corrected chi connectivity index (χ0v) is 6.73. The predicted molar refractivity (Wildman–Crippen MR) is 33.9 cm³/mol. The number of carbonyl (C=O) groups is 1. The molecule has 0 rings (SSSR count). The molecule has 0 aromatic carbocycles. The zero-order chi connectivity index (χ0) is 7.15. The standard InChI is InChI=1S/C3H6O.C2H6N2.Cu/c1-3(2)4;1-2(3)4;/h1-2H3;1H3,(H3,3,4);. The van der Waals surface area contributed by atoms with Crippen LogP contribution in [0.25, 0.3) is 0 Å². The van der Waals surface area contributed by atoms with Crippen molar-refractivity contribution in [3.8, 4) is 0 Å². The van der Waals surface area contributed by atoms with Crippen LogP contribution < -0.4 is 5.73 Å². The summed E-state index contributed by atoms with van der Waals surface area (Å²) in [5.41, 5.74) is 4.69. The van der Waals surface area contributed by atoms with Crippen molar-refractivity contribution < 1.29 is 21.9 Å². The Morgan fingerprint density at radius 3 is 1.33 bits per heavy atom. The van der Waals surface area contributed by atoms with E-state index in [0.29, 0.717) is 0 Å². The van der Waals surface area contributed by atoms with E-state index in [1.54, 1.807) is 0 Å². The number of carbonyl (C=O) groups excluding carboxylic acids is 1. The molecule has 0 heterocycles. The molecule has 0 aliphatic carbocycles. The Hall–Kier alpha value is -0.341. The molecule has 0 bridgehead atoms. The van der Waals surface area contributed by atoms with Crippen LogP contribution in [-0.2, 0) is 21.9 Å². The molecule has 0 aliphatic heterocycles. The molecule has 3 nitrogen and oxygen atoms in total. The maximum atomic E-state index is 9.44. The van der Waals surface area contributed by atoms with Crippen molar-refractivity contribution in [3.63, 3.8) is 0 Å². The van der Waals surface area contributed by atoms with E-state index in [2.05, 4.69) is 0 Å². The van der Waals surface area contributed by atoms with Gasteiger partial charge in [0.15, 0.2) is 0 Å². The van der Waals surface area contributed by atoms with Crippen LogP contribution in [-0.4, -0.2) is 11.6 Å². The second kappa shape index (κ2) is 10.6. The van der Waals surface area contributed by atoms with Gasteiger partial charge in [0.2, 0.25) is 0 Å². The number of nitrogens with one attached hydrogen (secondary N) is 1. The third-order valence-corrected chi connectivity index (χ3v) is 0. The summed E-state index contributed by atoms with van der Waals surface area (Å²) < 4.78 is 0. The van der Waals surface area contributed by atoms with E-state index in [1.165, 1.54) is 20.8 Å². The van der Waals surface area contributed by atoms with Gasteiger partial charge < -0.3 is 10.5 Å². The van der Waals surface area contributed by atoms with Crippen molar-refractivity contribution in [1.29, 1.82) is 5.41 Å². The minimum atomic E-state index is 0. The molecule has 9 heavy (non-hydrogen) atoms. The Labute approximate surface area is 66.0 Å². The molecule has 1 radical (unpaired) electrons. The quantitative estimate of drug-likeness (QED) is 0.324. The van der Waals surface area contributed by atoms with Crippen LogP contribution in [0.2, 0.25) is 0 Å². The van der Waals surface area contributed by atoms with Gasteiger partial charge in [0.05, 0.1) is 5.84 Å². The van der Waals surface area contributed by atoms with Gasteiger partial charge in [-0.3, -0.25) is 5.41 Å². The summed E-state index contributed by atoms with van der Waals surface area (Å²) in [6.07, 6.45) is 0. The van der Waals surface area contributed by atoms with Crippen LogP contribution in [0.1, 0.15) is 20.8 Å². The van der Waals surface area contributed by atoms with Crippen LogP contribution in [0.4, 0.5) is 0 Å². The first-order chi connectivity index (χ1) is 3.46. The van der Waals surface area contributed by atoms with E-state index < -0.39 is 0 Å². The molecule has 4 heteroatoms. The van der Waals surface area contributed by atoms with Gasteiger partial charge in [0.25, 0.3) is 0 Å². The first kappa shape index (κ1) is 15.9. The Morgan fingerprint density at radius 2 is 1.33 bits per heavy atom. The van der Waals surface area contributed by atoms with Gasteiger partial charge in [0, 0.05) is 17.1 Å². The molecular weight excluding hydrogens is 168 g/mol. The van der Waals surface area contributed by atoms with Gasteiger partial charge in [-0.1, -0.05) is 0 Å². The van der Waals surface area contributed by atoms with Crippen LogP contribution in [0.15, 0.2) is 0 Å². The third-order valence-electron chi connectivity index (χ3n) is 0. The maximum Gasteiger partial charge on any atom is 0.126 e. The summed E-state index contributed by atoms with van der Waals surface area (Å²) in [6.45, 7) is 4.58. The van der Waals surface area contributed by atoms with Crippen LogP contribution in [0.5, 0.6) is 0 Å². The maximum absolute atomic E-state index is 9.44. The smallest absolute Gasteiger partial charge is 0.126 e. The molecule has 0 amide bonds. The molecule has 59 valence electrons. The summed E-state index contributed by atoms with van der Waals surface area (Å²) in [7, 11) is 0. The Balaban J connectivity index is -0.0000000720. The van der Waals surface area contributed by atoms with Crippen molar-refractivity contribution in [2.45, 2.75) is 20.8 Å². The van der Waals surface area contributed by atoms with E-state index in [0.717, 1.165) is 0 Å². The Kier molecular flexibility index (Phi) is 18.7. The summed E-state index contributed by atoms with van der Waals surface area (Å²) in [6, 6.07) is 0. The number of amidine groups is 1. The molecular formula is C5H12CuN2O. The second-order valence-corrected chi connectivity index (χ2v) is 1.59. The minimum Gasteiger partial charge on any atom is -0.388 e. The molecule has 0 unspecified atom stereocenters. The first-order valence-corrected chi connectivity index (χ1v) is 2.24. The summed E-state index contributed by atoms with van der Waals surface area (Å²) >= 11 is 0. The van der Waals surface area contributed by atoms with Gasteiger partial charge in [-0.15, -0.1) is 0 Å². The van der Waals surface area contributed by atoms with Crippen molar-refractivity contribution >= 4 is 11.6 Å². The second-order valence-electron chi connectivity index (χ2n) is 1.59. The van der Waals surface area contributed by atoms with Crippen molar-refractivity contribution in [3.05, 3.63) is 0 Å². The van der Waals surface area contributed by atoms with Gasteiger partial charge in [-0.05, 0) is 20.8 Å². The van der Waals surface area contributed by atoms with E-state index in [1.807, 2.05) is 0 Å². The van der Waals surface area contributed by atoms with Gasteiger partial charge in [-0.25, -0.2) is 0 Å². The minimum absolute atomic E-state index is 0. The predicted octanol–water partition coefficient (Wildman–Crippen LogP) is 0.535. The molecule has 0 spiro atoms. The summed E-state index contributed by atoms with van der Waals surface area (Å²) in [5, 5.41) is 6.28. The largest absolute Gasteiger partial charge is 0.388 e. The average Bonchev–Trinajstić information content (AvgIpc) is 1.25. The molecule has 0 saturated heterocycles. The number of Topliss-reactive ketones (excluding diaryl/α,β-unsaturated/α-hetero) is 1. The molecule has 0 saturated carbocycles. The summed E-state index contributed by atoms with van der Waals surface area (Å²) in [5.74, 6) is 0.333. The number of hydrogen-bond acceptors (Lipinski definition) is 2. The zero-order valence-electron chi connectivity index (χ0n) is 5.79. The molecule has 0 aromatic heterocycles. The first-order valence-electron chi connectivity index (χ1n) is 2.24.